The smallest absolute Gasteiger partial charge is 0.232 e. The number of nitrogens with zero attached hydrogens (tertiary/aromatic N) is 5. The van der Waals surface area contributed by atoms with E-state index in [2.05, 4.69) is 48.9 Å². The molecule has 2 aromatic carbocycles. The molecule has 35 heavy (non-hydrogen) atoms. The molecule has 1 saturated heterocycles. The van der Waals surface area contributed by atoms with E-state index in [1.54, 1.807) is 30.3 Å². The Morgan fingerprint density at radius 3 is 1.91 bits per heavy atom. The zero-order valence-electron chi connectivity index (χ0n) is 19.9. The maximum atomic E-state index is 13.6. The third-order valence-electron chi connectivity index (χ3n) is 5.89. The summed E-state index contributed by atoms with van der Waals surface area (Å²) in [5, 5.41) is 6.39. The Balaban J connectivity index is 1.54. The van der Waals surface area contributed by atoms with Crippen LogP contribution < -0.4 is 15.5 Å². The summed E-state index contributed by atoms with van der Waals surface area (Å²) in [5.74, 6) is 1.11. The molecule has 2 N–H and O–H groups in total. The van der Waals surface area contributed by atoms with Gasteiger partial charge in [0, 0.05) is 39.3 Å². The van der Waals surface area contributed by atoms with Gasteiger partial charge in [0.05, 0.1) is 6.04 Å². The molecule has 0 aliphatic carbocycles. The Morgan fingerprint density at radius 1 is 0.857 bits per heavy atom. The van der Waals surface area contributed by atoms with Crippen molar-refractivity contribution in [2.24, 2.45) is 0 Å². The Kier molecular flexibility index (Phi) is 8.20. The van der Waals surface area contributed by atoms with Crippen LogP contribution >= 0.6 is 0 Å². The molecule has 0 radical (unpaired) electrons. The van der Waals surface area contributed by atoms with Gasteiger partial charge in [-0.05, 0) is 41.8 Å². The maximum Gasteiger partial charge on any atom is 0.232 e. The third-order valence-corrected chi connectivity index (χ3v) is 5.89. The van der Waals surface area contributed by atoms with Crippen LogP contribution in [0.5, 0.6) is 0 Å². The topological polar surface area (TPSA) is 69.2 Å². The van der Waals surface area contributed by atoms with Crippen molar-refractivity contribution in [2.45, 2.75) is 19.4 Å². The first-order chi connectivity index (χ1) is 17.1. The molecule has 3 aromatic rings. The van der Waals surface area contributed by atoms with E-state index < -0.39 is 0 Å². The fourth-order valence-electron chi connectivity index (χ4n) is 4.15. The zero-order valence-corrected chi connectivity index (χ0v) is 19.9. The van der Waals surface area contributed by atoms with Crippen LogP contribution in [0.15, 0.2) is 61.2 Å². The van der Waals surface area contributed by atoms with Crippen LogP contribution in [0.25, 0.3) is 0 Å². The molecule has 0 atom stereocenters. The van der Waals surface area contributed by atoms with Crippen LogP contribution in [0.2, 0.25) is 0 Å². The van der Waals surface area contributed by atoms with Crippen LogP contribution in [0.3, 0.4) is 0 Å². The molecule has 1 aliphatic heterocycles. The van der Waals surface area contributed by atoms with Crippen LogP contribution in [0.1, 0.15) is 30.5 Å². The first-order valence-corrected chi connectivity index (χ1v) is 11.9. The Labute approximate surface area is 204 Å². The number of aromatic nitrogens is 3. The first-order valence-electron chi connectivity index (χ1n) is 11.9. The van der Waals surface area contributed by atoms with E-state index in [-0.39, 0.29) is 17.7 Å². The Hall–Kier alpha value is -3.59. The summed E-state index contributed by atoms with van der Waals surface area (Å²) >= 11 is 0. The summed E-state index contributed by atoms with van der Waals surface area (Å²) in [7, 11) is 0. The fraction of sp³-hybridized carbons (Fsp3) is 0.346. The summed E-state index contributed by atoms with van der Waals surface area (Å²) in [6.45, 7) is 10.0. The van der Waals surface area contributed by atoms with Crippen LogP contribution in [-0.4, -0.2) is 59.1 Å². The number of benzene rings is 2. The largest absolute Gasteiger partial charge is 0.354 e. The SMILES string of the molecule is C=CCNc1nc(NCCC)nc(N2CCN(C(c3ccc(F)cc3)c3ccc(F)cc3)CC2)n1. The van der Waals surface area contributed by atoms with Gasteiger partial charge >= 0.3 is 0 Å². The molecule has 9 heteroatoms. The zero-order chi connectivity index (χ0) is 24.6. The minimum atomic E-state index is -0.278. The molecule has 0 saturated carbocycles. The molecule has 0 bridgehead atoms. The van der Waals surface area contributed by atoms with Gasteiger partial charge in [-0.2, -0.15) is 15.0 Å². The predicted molar refractivity (Wildman–Crippen MR) is 136 cm³/mol. The lowest BCUT2D eigenvalue weighted by atomic mass is 9.96. The van der Waals surface area contributed by atoms with E-state index in [1.807, 2.05) is 0 Å². The van der Waals surface area contributed by atoms with E-state index in [9.17, 15) is 8.78 Å². The van der Waals surface area contributed by atoms with Crippen LogP contribution in [0, 0.1) is 11.6 Å². The van der Waals surface area contributed by atoms with Crippen molar-refractivity contribution < 1.29 is 8.78 Å². The van der Waals surface area contributed by atoms with Gasteiger partial charge in [0.1, 0.15) is 11.6 Å². The second-order valence-electron chi connectivity index (χ2n) is 8.41. The quantitative estimate of drug-likeness (QED) is 0.416. The molecule has 1 aromatic heterocycles. The summed E-state index contributed by atoms with van der Waals surface area (Å²) in [6.07, 6.45) is 2.72. The monoisotopic (exact) mass is 479 g/mol. The van der Waals surface area contributed by atoms with Crippen molar-refractivity contribution in [2.75, 3.05) is 54.8 Å². The summed E-state index contributed by atoms with van der Waals surface area (Å²) in [6, 6.07) is 12.9. The average Bonchev–Trinajstić information content (AvgIpc) is 2.89. The van der Waals surface area contributed by atoms with E-state index in [0.717, 1.165) is 37.2 Å². The minimum Gasteiger partial charge on any atom is -0.354 e. The first kappa shape index (κ1) is 24.5. The lowest BCUT2D eigenvalue weighted by molar-refractivity contribution is 0.211. The average molecular weight is 480 g/mol. The summed E-state index contributed by atoms with van der Waals surface area (Å²) in [5.41, 5.74) is 1.93. The highest BCUT2D eigenvalue weighted by Crippen LogP contribution is 2.30. The third kappa shape index (κ3) is 6.30. The number of rotatable bonds is 10. The lowest BCUT2D eigenvalue weighted by Gasteiger charge is -2.39. The van der Waals surface area contributed by atoms with E-state index >= 15 is 0 Å². The van der Waals surface area contributed by atoms with Crippen molar-refractivity contribution in [3.63, 3.8) is 0 Å². The normalized spacial score (nSPS) is 14.2. The van der Waals surface area contributed by atoms with Gasteiger partial charge in [0.25, 0.3) is 0 Å². The number of halogens is 2. The van der Waals surface area contributed by atoms with E-state index in [0.29, 0.717) is 37.5 Å². The van der Waals surface area contributed by atoms with E-state index in [4.69, 9.17) is 0 Å². The van der Waals surface area contributed by atoms with Crippen molar-refractivity contribution in [3.05, 3.63) is 83.9 Å². The molecule has 2 heterocycles. The van der Waals surface area contributed by atoms with Crippen molar-refractivity contribution in [3.8, 4) is 0 Å². The molecule has 0 unspecified atom stereocenters. The fourth-order valence-corrected chi connectivity index (χ4v) is 4.15. The standard InChI is InChI=1S/C26H31F2N7/c1-3-13-29-24-31-25(30-14-4-2)33-26(32-24)35-17-15-34(16-18-35)23(19-5-9-21(27)10-6-19)20-7-11-22(28)12-8-20/h3,5-12,23H,1,4,13-18H2,2H3,(H2,29,30,31,32,33). The van der Waals surface area contributed by atoms with Crippen molar-refractivity contribution in [1.82, 2.24) is 19.9 Å². The van der Waals surface area contributed by atoms with Gasteiger partial charge in [-0.3, -0.25) is 4.90 Å². The van der Waals surface area contributed by atoms with Gasteiger partial charge in [0.15, 0.2) is 0 Å². The number of anilines is 3. The highest BCUT2D eigenvalue weighted by molar-refractivity contribution is 5.44. The van der Waals surface area contributed by atoms with Crippen molar-refractivity contribution >= 4 is 17.8 Å². The molecule has 0 amide bonds. The second-order valence-corrected chi connectivity index (χ2v) is 8.41. The second kappa shape index (κ2) is 11.7. The number of hydrogen-bond donors (Lipinski definition) is 2. The number of nitrogens with one attached hydrogen (secondary N) is 2. The van der Waals surface area contributed by atoms with Gasteiger partial charge in [-0.15, -0.1) is 6.58 Å². The molecule has 184 valence electrons. The van der Waals surface area contributed by atoms with Crippen molar-refractivity contribution in [1.29, 1.82) is 0 Å². The minimum absolute atomic E-state index is 0.108. The molecular weight excluding hydrogens is 448 g/mol. The predicted octanol–water partition coefficient (Wildman–Crippen LogP) is 4.48. The highest BCUT2D eigenvalue weighted by Gasteiger charge is 2.28. The molecular formula is C26H31F2N7. The van der Waals surface area contributed by atoms with Gasteiger partial charge in [-0.25, -0.2) is 8.78 Å². The van der Waals surface area contributed by atoms with Gasteiger partial charge < -0.3 is 15.5 Å². The molecule has 0 spiro atoms. The van der Waals surface area contributed by atoms with Crippen LogP contribution in [0.4, 0.5) is 26.6 Å². The number of hydrogen-bond acceptors (Lipinski definition) is 7. The Bertz CT molecular complexity index is 1050. The van der Waals surface area contributed by atoms with E-state index in [1.165, 1.54) is 24.3 Å². The Morgan fingerprint density at radius 2 is 1.40 bits per heavy atom. The highest BCUT2D eigenvalue weighted by atomic mass is 19.1. The van der Waals surface area contributed by atoms with Gasteiger partial charge in [-0.1, -0.05) is 37.3 Å². The number of piperazine rings is 1. The molecule has 4 rings (SSSR count). The van der Waals surface area contributed by atoms with Crippen LogP contribution in [-0.2, 0) is 0 Å². The molecule has 1 aliphatic rings. The summed E-state index contributed by atoms with van der Waals surface area (Å²) < 4.78 is 27.2. The lowest BCUT2D eigenvalue weighted by Crippen LogP contribution is -2.48. The summed E-state index contributed by atoms with van der Waals surface area (Å²) in [4.78, 5) is 18.2. The molecule has 1 fully saturated rings. The van der Waals surface area contributed by atoms with Gasteiger partial charge in [0.2, 0.25) is 17.8 Å². The maximum absolute atomic E-state index is 13.6. The molecule has 7 nitrogen and oxygen atoms in total.